The second kappa shape index (κ2) is 4.68. The molecule has 0 unspecified atom stereocenters. The Labute approximate surface area is 120 Å². The van der Waals surface area contributed by atoms with Crippen molar-refractivity contribution >= 4 is 17.3 Å². The predicted octanol–water partition coefficient (Wildman–Crippen LogP) is 2.43. The Hall–Kier alpha value is -2.18. The van der Waals surface area contributed by atoms with E-state index in [2.05, 4.69) is 0 Å². The summed E-state index contributed by atoms with van der Waals surface area (Å²) < 4.78 is 13.2. The van der Waals surface area contributed by atoms with Crippen LogP contribution in [0, 0.1) is 27.3 Å². The minimum Gasteiger partial charge on any atom is -0.481 e. The molecule has 2 atom stereocenters. The maximum atomic E-state index is 13.2. The average Bonchev–Trinajstić information content (AvgIpc) is 2.95. The van der Waals surface area contributed by atoms with Gasteiger partial charge >= 0.3 is 5.97 Å². The van der Waals surface area contributed by atoms with Crippen molar-refractivity contribution in [2.75, 3.05) is 18.0 Å². The van der Waals surface area contributed by atoms with Gasteiger partial charge < -0.3 is 10.0 Å². The van der Waals surface area contributed by atoms with E-state index in [4.69, 9.17) is 0 Å². The van der Waals surface area contributed by atoms with E-state index in [-0.39, 0.29) is 18.2 Å². The van der Waals surface area contributed by atoms with E-state index in [1.54, 1.807) is 4.90 Å². The molecule has 1 aliphatic carbocycles. The Kier molecular flexibility index (Phi) is 3.07. The second-order valence-electron chi connectivity index (χ2n) is 5.82. The summed E-state index contributed by atoms with van der Waals surface area (Å²) in [6, 6.07) is 3.42. The standard InChI is InChI=1S/C14H15FN2O4/c15-10-3-4-11(12(6-10)17(20)21)16-7-9-2-1-5-14(9,8-16)13(18)19/h3-4,6,9H,1-2,5,7-8H2,(H,18,19)/t9-,14+/m0/s1. The lowest BCUT2D eigenvalue weighted by Crippen LogP contribution is -2.35. The highest BCUT2D eigenvalue weighted by Gasteiger charge is 2.55. The van der Waals surface area contributed by atoms with Gasteiger partial charge in [0.05, 0.1) is 16.4 Å². The lowest BCUT2D eigenvalue weighted by molar-refractivity contribution is -0.384. The van der Waals surface area contributed by atoms with Crippen molar-refractivity contribution in [1.29, 1.82) is 0 Å². The van der Waals surface area contributed by atoms with Crippen LogP contribution in [0.4, 0.5) is 15.8 Å². The van der Waals surface area contributed by atoms with Gasteiger partial charge in [-0.05, 0) is 30.9 Å². The van der Waals surface area contributed by atoms with Crippen molar-refractivity contribution in [3.8, 4) is 0 Å². The Bertz CT molecular complexity index is 621. The van der Waals surface area contributed by atoms with Crippen LogP contribution in [-0.4, -0.2) is 29.1 Å². The molecule has 2 aliphatic rings. The Morgan fingerprint density at radius 3 is 2.90 bits per heavy atom. The summed E-state index contributed by atoms with van der Waals surface area (Å²) in [5.41, 5.74) is -0.825. The van der Waals surface area contributed by atoms with Crippen LogP contribution in [-0.2, 0) is 4.79 Å². The molecule has 0 spiro atoms. The third-order valence-corrected chi connectivity index (χ3v) is 4.77. The van der Waals surface area contributed by atoms with E-state index in [0.29, 0.717) is 18.7 Å². The van der Waals surface area contributed by atoms with Crippen LogP contribution in [0.15, 0.2) is 18.2 Å². The monoisotopic (exact) mass is 294 g/mol. The fourth-order valence-electron chi connectivity index (χ4n) is 3.73. The predicted molar refractivity (Wildman–Crippen MR) is 72.7 cm³/mol. The Morgan fingerprint density at radius 2 is 2.29 bits per heavy atom. The maximum absolute atomic E-state index is 13.2. The number of benzene rings is 1. The molecule has 0 radical (unpaired) electrons. The van der Waals surface area contributed by atoms with Gasteiger partial charge in [-0.3, -0.25) is 14.9 Å². The van der Waals surface area contributed by atoms with E-state index < -0.39 is 22.1 Å². The molecule has 6 nitrogen and oxygen atoms in total. The molecule has 21 heavy (non-hydrogen) atoms. The number of anilines is 1. The number of nitro benzene ring substituents is 1. The molecule has 1 saturated carbocycles. The number of carbonyl (C=O) groups is 1. The number of fused-ring (bicyclic) bond motifs is 1. The highest BCUT2D eigenvalue weighted by atomic mass is 19.1. The molecular formula is C14H15FN2O4. The van der Waals surface area contributed by atoms with Gasteiger partial charge in [0, 0.05) is 13.1 Å². The van der Waals surface area contributed by atoms with Crippen LogP contribution in [0.2, 0.25) is 0 Å². The van der Waals surface area contributed by atoms with Crippen LogP contribution in [0.1, 0.15) is 19.3 Å². The maximum Gasteiger partial charge on any atom is 0.311 e. The van der Waals surface area contributed by atoms with Crippen molar-refractivity contribution in [3.05, 3.63) is 34.1 Å². The van der Waals surface area contributed by atoms with E-state index >= 15 is 0 Å². The minimum absolute atomic E-state index is 0.000317. The molecule has 1 aromatic rings. The largest absolute Gasteiger partial charge is 0.481 e. The quantitative estimate of drug-likeness (QED) is 0.683. The summed E-state index contributed by atoms with van der Waals surface area (Å²) in [6.45, 7) is 0.720. The first-order chi connectivity index (χ1) is 9.94. The number of nitro groups is 1. The van der Waals surface area contributed by atoms with Gasteiger partial charge in [0.15, 0.2) is 0 Å². The van der Waals surface area contributed by atoms with E-state index in [9.17, 15) is 24.4 Å². The van der Waals surface area contributed by atoms with Crippen molar-refractivity contribution in [2.45, 2.75) is 19.3 Å². The zero-order valence-corrected chi connectivity index (χ0v) is 11.3. The van der Waals surface area contributed by atoms with Gasteiger partial charge in [0.1, 0.15) is 11.5 Å². The molecule has 0 amide bonds. The molecule has 7 heteroatoms. The second-order valence-corrected chi connectivity index (χ2v) is 5.82. The first kappa shape index (κ1) is 13.8. The smallest absolute Gasteiger partial charge is 0.311 e. The van der Waals surface area contributed by atoms with E-state index in [1.165, 1.54) is 12.1 Å². The molecule has 1 aliphatic heterocycles. The lowest BCUT2D eigenvalue weighted by Gasteiger charge is -2.24. The summed E-state index contributed by atoms with van der Waals surface area (Å²) in [4.78, 5) is 23.8. The van der Waals surface area contributed by atoms with Gasteiger partial charge in [0.25, 0.3) is 5.69 Å². The van der Waals surface area contributed by atoms with Gasteiger partial charge in [-0.2, -0.15) is 0 Å². The van der Waals surface area contributed by atoms with Gasteiger partial charge in [0.2, 0.25) is 0 Å². The van der Waals surface area contributed by atoms with E-state index in [0.717, 1.165) is 18.9 Å². The Morgan fingerprint density at radius 1 is 1.52 bits per heavy atom. The highest BCUT2D eigenvalue weighted by Crippen LogP contribution is 2.50. The molecule has 0 aromatic heterocycles. The molecule has 1 heterocycles. The zero-order valence-electron chi connectivity index (χ0n) is 11.3. The third-order valence-electron chi connectivity index (χ3n) is 4.77. The van der Waals surface area contributed by atoms with Crippen LogP contribution in [0.25, 0.3) is 0 Å². The molecule has 2 fully saturated rings. The topological polar surface area (TPSA) is 83.7 Å². The summed E-state index contributed by atoms with van der Waals surface area (Å²) >= 11 is 0. The average molecular weight is 294 g/mol. The number of hydrogen-bond acceptors (Lipinski definition) is 4. The summed E-state index contributed by atoms with van der Waals surface area (Å²) in [6.07, 6.45) is 2.28. The molecular weight excluding hydrogens is 279 g/mol. The Balaban J connectivity index is 1.97. The fraction of sp³-hybridized carbons (Fsp3) is 0.500. The SMILES string of the molecule is O=C(O)[C@@]12CCC[C@H]1CN(c1ccc(F)cc1[N+](=O)[O-])C2. The number of aliphatic carboxylic acids is 1. The van der Waals surface area contributed by atoms with Gasteiger partial charge in [-0.25, -0.2) is 4.39 Å². The van der Waals surface area contributed by atoms with Crippen molar-refractivity contribution in [2.24, 2.45) is 11.3 Å². The van der Waals surface area contributed by atoms with Crippen LogP contribution >= 0.6 is 0 Å². The van der Waals surface area contributed by atoms with Crippen LogP contribution in [0.3, 0.4) is 0 Å². The first-order valence-electron chi connectivity index (χ1n) is 6.86. The molecule has 1 N–H and O–H groups in total. The molecule has 0 bridgehead atoms. The zero-order chi connectivity index (χ0) is 15.2. The number of nitrogens with zero attached hydrogens (tertiary/aromatic N) is 2. The summed E-state index contributed by atoms with van der Waals surface area (Å²) in [7, 11) is 0. The van der Waals surface area contributed by atoms with E-state index in [1.807, 2.05) is 0 Å². The van der Waals surface area contributed by atoms with Gasteiger partial charge in [-0.1, -0.05) is 6.42 Å². The highest BCUT2D eigenvalue weighted by molar-refractivity contribution is 5.78. The molecule has 3 rings (SSSR count). The van der Waals surface area contributed by atoms with Crippen molar-refractivity contribution in [1.82, 2.24) is 0 Å². The third kappa shape index (κ3) is 2.03. The summed E-state index contributed by atoms with van der Waals surface area (Å²) in [5.74, 6) is -1.50. The summed E-state index contributed by atoms with van der Waals surface area (Å²) in [5, 5.41) is 20.6. The van der Waals surface area contributed by atoms with Gasteiger partial charge in [-0.15, -0.1) is 0 Å². The minimum atomic E-state index is -0.836. The van der Waals surface area contributed by atoms with Crippen molar-refractivity contribution < 1.29 is 19.2 Å². The van der Waals surface area contributed by atoms with Crippen LogP contribution in [0.5, 0.6) is 0 Å². The fourth-order valence-corrected chi connectivity index (χ4v) is 3.73. The number of rotatable bonds is 3. The number of carboxylic acids is 1. The molecule has 1 aromatic carbocycles. The first-order valence-corrected chi connectivity index (χ1v) is 6.86. The van der Waals surface area contributed by atoms with Crippen LogP contribution < -0.4 is 4.90 Å². The molecule has 112 valence electrons. The molecule has 1 saturated heterocycles. The normalized spacial score (nSPS) is 27.7. The van der Waals surface area contributed by atoms with Crippen molar-refractivity contribution in [3.63, 3.8) is 0 Å². The number of halogens is 1. The number of hydrogen-bond donors (Lipinski definition) is 1. The number of carboxylic acid groups (broad SMARTS) is 1. The lowest BCUT2D eigenvalue weighted by atomic mass is 9.81.